The molecule has 0 spiro atoms. The standard InChI is InChI=1S/C22H17Br3N2O4/c23-16-7-9-20(18(25)11-16)31-13-22(29)27-26-21(28)12-30-19-8-6-15(10-17(19)24)14-4-2-1-3-5-14/h1-11H,12-13H2,(H,26,28)(H,27,29). The van der Waals surface area contributed by atoms with Crippen LogP contribution >= 0.6 is 47.8 Å². The van der Waals surface area contributed by atoms with Crippen molar-refractivity contribution in [1.29, 1.82) is 0 Å². The molecule has 0 saturated heterocycles. The molecule has 3 aromatic rings. The van der Waals surface area contributed by atoms with Gasteiger partial charge in [0.2, 0.25) is 0 Å². The lowest BCUT2D eigenvalue weighted by molar-refractivity contribution is -0.131. The molecule has 2 amide bonds. The van der Waals surface area contributed by atoms with Gasteiger partial charge in [-0.05, 0) is 73.3 Å². The Kier molecular flexibility index (Phi) is 8.51. The summed E-state index contributed by atoms with van der Waals surface area (Å²) in [4.78, 5) is 23.8. The Morgan fingerprint density at radius 3 is 1.77 bits per heavy atom. The monoisotopic (exact) mass is 610 g/mol. The van der Waals surface area contributed by atoms with Crippen molar-refractivity contribution in [3.8, 4) is 22.6 Å². The number of amides is 2. The minimum atomic E-state index is -0.503. The van der Waals surface area contributed by atoms with Crippen molar-refractivity contribution in [2.75, 3.05) is 13.2 Å². The molecule has 0 saturated carbocycles. The van der Waals surface area contributed by atoms with Gasteiger partial charge in [0.15, 0.2) is 13.2 Å². The van der Waals surface area contributed by atoms with Crippen LogP contribution < -0.4 is 20.3 Å². The number of halogens is 3. The van der Waals surface area contributed by atoms with Gasteiger partial charge in [-0.15, -0.1) is 0 Å². The minimum absolute atomic E-state index is 0.256. The summed E-state index contributed by atoms with van der Waals surface area (Å²) in [5.74, 6) is 0.0233. The highest BCUT2D eigenvalue weighted by atomic mass is 79.9. The first kappa shape index (κ1) is 23.3. The fourth-order valence-electron chi connectivity index (χ4n) is 2.52. The summed E-state index contributed by atoms with van der Waals surface area (Å²) < 4.78 is 13.2. The van der Waals surface area contributed by atoms with Crippen LogP contribution in [0.15, 0.2) is 80.1 Å². The van der Waals surface area contributed by atoms with Crippen LogP contribution in [0.25, 0.3) is 11.1 Å². The summed E-state index contributed by atoms with van der Waals surface area (Å²) in [7, 11) is 0. The molecule has 0 aliphatic heterocycles. The summed E-state index contributed by atoms with van der Waals surface area (Å²) in [5, 5.41) is 0. The maximum absolute atomic E-state index is 12.0. The maximum atomic E-state index is 12.0. The number of ether oxygens (including phenoxy) is 2. The number of carbonyl (C=O) groups is 2. The van der Waals surface area contributed by atoms with Crippen molar-refractivity contribution in [1.82, 2.24) is 10.9 Å². The molecule has 160 valence electrons. The molecular weight excluding hydrogens is 596 g/mol. The van der Waals surface area contributed by atoms with Gasteiger partial charge in [-0.2, -0.15) is 0 Å². The third kappa shape index (κ3) is 7.09. The Labute approximate surface area is 204 Å². The predicted octanol–water partition coefficient (Wildman–Crippen LogP) is 5.25. The lowest BCUT2D eigenvalue weighted by Gasteiger charge is -2.12. The number of nitrogens with one attached hydrogen (secondary N) is 2. The second-order valence-electron chi connectivity index (χ2n) is 6.26. The quantitative estimate of drug-likeness (QED) is 0.358. The Balaban J connectivity index is 1.43. The van der Waals surface area contributed by atoms with Crippen LogP contribution in [0.5, 0.6) is 11.5 Å². The Morgan fingerprint density at radius 1 is 0.677 bits per heavy atom. The highest BCUT2D eigenvalue weighted by Crippen LogP contribution is 2.31. The second kappa shape index (κ2) is 11.3. The first-order valence-electron chi connectivity index (χ1n) is 9.05. The number of rotatable bonds is 7. The Bertz CT molecular complexity index is 1080. The first-order valence-corrected chi connectivity index (χ1v) is 11.4. The van der Waals surface area contributed by atoms with Gasteiger partial charge in [-0.1, -0.05) is 52.3 Å². The van der Waals surface area contributed by atoms with E-state index in [1.807, 2.05) is 42.5 Å². The summed E-state index contributed by atoms with van der Waals surface area (Å²) in [6.07, 6.45) is 0. The third-order valence-electron chi connectivity index (χ3n) is 3.99. The molecule has 0 atom stereocenters. The smallest absolute Gasteiger partial charge is 0.276 e. The fourth-order valence-corrected chi connectivity index (χ4v) is 4.17. The van der Waals surface area contributed by atoms with E-state index >= 15 is 0 Å². The molecule has 0 fully saturated rings. The molecule has 0 bridgehead atoms. The van der Waals surface area contributed by atoms with Gasteiger partial charge in [-0.25, -0.2) is 0 Å². The third-order valence-corrected chi connectivity index (χ3v) is 5.72. The zero-order valence-corrected chi connectivity index (χ0v) is 20.8. The van der Waals surface area contributed by atoms with E-state index in [9.17, 15) is 9.59 Å². The van der Waals surface area contributed by atoms with Crippen molar-refractivity contribution in [2.45, 2.75) is 0 Å². The Morgan fingerprint density at radius 2 is 1.23 bits per heavy atom. The van der Waals surface area contributed by atoms with Crippen molar-refractivity contribution >= 4 is 59.6 Å². The number of hydrogen-bond donors (Lipinski definition) is 2. The average Bonchev–Trinajstić information content (AvgIpc) is 2.76. The lowest BCUT2D eigenvalue weighted by Crippen LogP contribution is -2.45. The van der Waals surface area contributed by atoms with Crippen LogP contribution in [0.2, 0.25) is 0 Å². The fraction of sp³-hybridized carbons (Fsp3) is 0.0909. The molecule has 0 aliphatic rings. The zero-order valence-electron chi connectivity index (χ0n) is 16.0. The molecule has 31 heavy (non-hydrogen) atoms. The van der Waals surface area contributed by atoms with E-state index in [1.165, 1.54) is 0 Å². The number of carbonyl (C=O) groups excluding carboxylic acids is 2. The topological polar surface area (TPSA) is 76.7 Å². The summed E-state index contributed by atoms with van der Waals surface area (Å²) in [6, 6.07) is 20.8. The van der Waals surface area contributed by atoms with Crippen molar-refractivity contribution < 1.29 is 19.1 Å². The number of benzene rings is 3. The molecule has 0 aliphatic carbocycles. The van der Waals surface area contributed by atoms with Gasteiger partial charge in [-0.3, -0.25) is 20.4 Å². The predicted molar refractivity (Wildman–Crippen MR) is 129 cm³/mol. The van der Waals surface area contributed by atoms with E-state index < -0.39 is 11.8 Å². The van der Waals surface area contributed by atoms with E-state index in [0.29, 0.717) is 16.0 Å². The number of hydrogen-bond acceptors (Lipinski definition) is 4. The van der Waals surface area contributed by atoms with Gasteiger partial charge in [0.05, 0.1) is 8.95 Å². The minimum Gasteiger partial charge on any atom is -0.483 e. The van der Waals surface area contributed by atoms with E-state index in [-0.39, 0.29) is 13.2 Å². The number of hydrazine groups is 1. The SMILES string of the molecule is O=C(COc1ccc(Br)cc1Br)NNC(=O)COc1ccc(-c2ccccc2)cc1Br. The van der Waals surface area contributed by atoms with Crippen LogP contribution in [0, 0.1) is 0 Å². The van der Waals surface area contributed by atoms with Crippen LogP contribution in [-0.2, 0) is 9.59 Å². The molecule has 0 heterocycles. The normalized spacial score (nSPS) is 10.3. The highest BCUT2D eigenvalue weighted by molar-refractivity contribution is 9.11. The molecule has 9 heteroatoms. The van der Waals surface area contributed by atoms with Crippen molar-refractivity contribution in [2.24, 2.45) is 0 Å². The molecule has 0 aromatic heterocycles. The first-order chi connectivity index (χ1) is 14.9. The van der Waals surface area contributed by atoms with Crippen LogP contribution in [0.3, 0.4) is 0 Å². The van der Waals surface area contributed by atoms with E-state index in [1.54, 1.807) is 24.3 Å². The van der Waals surface area contributed by atoms with Gasteiger partial charge < -0.3 is 9.47 Å². The van der Waals surface area contributed by atoms with E-state index in [0.717, 1.165) is 20.1 Å². The summed E-state index contributed by atoms with van der Waals surface area (Å²) in [6.45, 7) is -0.517. The molecule has 3 rings (SSSR count). The van der Waals surface area contributed by atoms with Gasteiger partial charge in [0, 0.05) is 4.47 Å². The van der Waals surface area contributed by atoms with Gasteiger partial charge >= 0.3 is 0 Å². The van der Waals surface area contributed by atoms with Crippen LogP contribution in [0.1, 0.15) is 0 Å². The maximum Gasteiger partial charge on any atom is 0.276 e. The van der Waals surface area contributed by atoms with Gasteiger partial charge in [0.25, 0.3) is 11.8 Å². The largest absolute Gasteiger partial charge is 0.483 e. The molecule has 0 radical (unpaired) electrons. The lowest BCUT2D eigenvalue weighted by atomic mass is 10.1. The molecule has 6 nitrogen and oxygen atoms in total. The van der Waals surface area contributed by atoms with E-state index in [2.05, 4.69) is 58.6 Å². The highest BCUT2D eigenvalue weighted by Gasteiger charge is 2.10. The average molecular weight is 613 g/mol. The van der Waals surface area contributed by atoms with E-state index in [4.69, 9.17) is 9.47 Å². The van der Waals surface area contributed by atoms with Crippen molar-refractivity contribution in [3.63, 3.8) is 0 Å². The molecule has 3 aromatic carbocycles. The van der Waals surface area contributed by atoms with Crippen molar-refractivity contribution in [3.05, 3.63) is 80.1 Å². The summed E-state index contributed by atoms with van der Waals surface area (Å²) >= 11 is 10.1. The van der Waals surface area contributed by atoms with Crippen LogP contribution in [-0.4, -0.2) is 25.0 Å². The second-order valence-corrected chi connectivity index (χ2v) is 8.88. The summed E-state index contributed by atoms with van der Waals surface area (Å²) in [5.41, 5.74) is 6.68. The molecular formula is C22H17Br3N2O4. The zero-order chi connectivity index (χ0) is 22.2. The molecule has 0 unspecified atom stereocenters. The van der Waals surface area contributed by atoms with Crippen LogP contribution in [0.4, 0.5) is 0 Å². The van der Waals surface area contributed by atoms with Gasteiger partial charge in [0.1, 0.15) is 11.5 Å². The Hall–Kier alpha value is -2.36. The molecule has 2 N–H and O–H groups in total.